The van der Waals surface area contributed by atoms with Gasteiger partial charge in [-0.05, 0) is 49.8 Å². The number of carbonyl (C=O) groups excluding carboxylic acids is 1. The number of halogens is 6. The van der Waals surface area contributed by atoms with E-state index in [1.165, 1.54) is 0 Å². The summed E-state index contributed by atoms with van der Waals surface area (Å²) in [6.07, 6.45) is -10.4. The molecular formula is C21H22F6N2O2. The zero-order valence-corrected chi connectivity index (χ0v) is 16.8. The quantitative estimate of drug-likeness (QED) is 0.544. The fourth-order valence-electron chi connectivity index (χ4n) is 3.29. The number of nitrogens with one attached hydrogen (secondary N) is 1. The molecule has 0 saturated heterocycles. The number of benzene rings is 2. The lowest BCUT2D eigenvalue weighted by Crippen LogP contribution is -2.53. The second-order valence-corrected chi connectivity index (χ2v) is 7.08. The summed E-state index contributed by atoms with van der Waals surface area (Å²) < 4.78 is 77.6. The predicted molar refractivity (Wildman–Crippen MR) is 104 cm³/mol. The maximum absolute atomic E-state index is 12.9. The minimum atomic E-state index is -5.91. The maximum atomic E-state index is 12.9. The minimum Gasteiger partial charge on any atom is -0.369 e. The Labute approximate surface area is 175 Å². The Morgan fingerprint density at radius 2 is 1.55 bits per heavy atom. The van der Waals surface area contributed by atoms with Gasteiger partial charge in [-0.3, -0.25) is 4.79 Å². The summed E-state index contributed by atoms with van der Waals surface area (Å²) in [6, 6.07) is 8.70. The molecule has 0 unspecified atom stereocenters. The van der Waals surface area contributed by atoms with E-state index in [9.17, 15) is 36.2 Å². The van der Waals surface area contributed by atoms with Crippen LogP contribution in [-0.4, -0.2) is 44.4 Å². The fraction of sp³-hybridized carbons (Fsp3) is 0.381. The lowest BCUT2D eigenvalue weighted by molar-refractivity contribution is -0.376. The molecule has 0 bridgehead atoms. The summed E-state index contributed by atoms with van der Waals surface area (Å²) in [7, 11) is 3.75. The Kier molecular flexibility index (Phi) is 7.38. The number of aliphatic hydroxyl groups is 1. The van der Waals surface area contributed by atoms with E-state index in [0.29, 0.717) is 36.2 Å². The van der Waals surface area contributed by atoms with E-state index in [1.54, 1.807) is 18.2 Å². The maximum Gasteiger partial charge on any atom is 0.430 e. The number of fused-ring (bicyclic) bond motifs is 1. The van der Waals surface area contributed by atoms with Crippen molar-refractivity contribution in [2.75, 3.05) is 25.5 Å². The topological polar surface area (TPSA) is 52.6 Å². The van der Waals surface area contributed by atoms with Gasteiger partial charge in [-0.1, -0.05) is 24.3 Å². The van der Waals surface area contributed by atoms with Gasteiger partial charge in [-0.25, -0.2) is 0 Å². The van der Waals surface area contributed by atoms with Gasteiger partial charge in [-0.15, -0.1) is 0 Å². The second kappa shape index (κ2) is 9.27. The van der Waals surface area contributed by atoms with E-state index in [4.69, 9.17) is 0 Å². The van der Waals surface area contributed by atoms with Gasteiger partial charge in [0.15, 0.2) is 0 Å². The van der Waals surface area contributed by atoms with E-state index < -0.39 is 23.5 Å². The van der Waals surface area contributed by atoms with Gasteiger partial charge >= 0.3 is 12.4 Å². The Hall–Kier alpha value is -2.59. The molecule has 0 amide bonds. The average Bonchev–Trinajstić information content (AvgIpc) is 3.08. The van der Waals surface area contributed by atoms with Crippen LogP contribution in [0.15, 0.2) is 42.5 Å². The van der Waals surface area contributed by atoms with E-state index in [1.807, 2.05) is 19.0 Å². The molecule has 0 aliphatic carbocycles. The van der Waals surface area contributed by atoms with Crippen LogP contribution in [-0.2, 0) is 18.6 Å². The highest BCUT2D eigenvalue weighted by atomic mass is 19.4. The standard InChI is InChI=1S/C19H15F6NO2.C2H7N/c20-18(21,22)17(28,19(23,24)25)15-4-1-12(2-5-15)10-26-8-7-14-9-13(11-27)3-6-16(14)26;1-3-2/h1-6,9,11,28H,7-8,10H2;3H,1-2H3. The smallest absolute Gasteiger partial charge is 0.369 e. The van der Waals surface area contributed by atoms with Crippen molar-refractivity contribution in [3.8, 4) is 0 Å². The number of rotatable bonds is 4. The van der Waals surface area contributed by atoms with E-state index in [-0.39, 0.29) is 6.54 Å². The molecule has 0 atom stereocenters. The van der Waals surface area contributed by atoms with E-state index in [2.05, 4.69) is 5.32 Å². The molecule has 0 fully saturated rings. The van der Waals surface area contributed by atoms with Gasteiger partial charge in [0.1, 0.15) is 6.29 Å². The summed E-state index contributed by atoms with van der Waals surface area (Å²) >= 11 is 0. The SMILES string of the molecule is CNC.O=Cc1ccc2c(c1)CCN2Cc1ccc(C(O)(C(F)(F)F)C(F)(F)F)cc1. The third-order valence-electron chi connectivity index (χ3n) is 4.80. The summed E-state index contributed by atoms with van der Waals surface area (Å²) in [5.41, 5.74) is -3.38. The number of hydrogen-bond donors (Lipinski definition) is 2. The second-order valence-electron chi connectivity index (χ2n) is 7.08. The highest BCUT2D eigenvalue weighted by Gasteiger charge is 2.71. The van der Waals surface area contributed by atoms with Crippen molar-refractivity contribution in [2.45, 2.75) is 30.9 Å². The lowest BCUT2D eigenvalue weighted by Gasteiger charge is -2.32. The Balaban J connectivity index is 0.00000107. The molecule has 0 spiro atoms. The number of hydrogen-bond acceptors (Lipinski definition) is 4. The number of alkyl halides is 6. The molecule has 1 aliphatic heterocycles. The third-order valence-corrected chi connectivity index (χ3v) is 4.80. The van der Waals surface area contributed by atoms with Gasteiger partial charge in [0.05, 0.1) is 0 Å². The fourth-order valence-corrected chi connectivity index (χ4v) is 3.29. The van der Waals surface area contributed by atoms with Crippen LogP contribution in [0.5, 0.6) is 0 Å². The largest absolute Gasteiger partial charge is 0.430 e. The van der Waals surface area contributed by atoms with Crippen molar-refractivity contribution < 1.29 is 36.2 Å². The van der Waals surface area contributed by atoms with E-state index >= 15 is 0 Å². The average molecular weight is 448 g/mol. The van der Waals surface area contributed by atoms with Crippen LogP contribution in [0.1, 0.15) is 27.0 Å². The van der Waals surface area contributed by atoms with E-state index in [0.717, 1.165) is 29.7 Å². The lowest BCUT2D eigenvalue weighted by atomic mass is 9.91. The molecule has 0 saturated carbocycles. The van der Waals surface area contributed by atoms with Crippen molar-refractivity contribution >= 4 is 12.0 Å². The Bertz CT molecular complexity index is 880. The van der Waals surface area contributed by atoms with Crippen LogP contribution in [0.4, 0.5) is 32.0 Å². The Morgan fingerprint density at radius 3 is 2.03 bits per heavy atom. The molecule has 2 N–H and O–H groups in total. The summed E-state index contributed by atoms with van der Waals surface area (Å²) in [5, 5.41) is 12.2. The predicted octanol–water partition coefficient (Wildman–Crippen LogP) is 4.21. The first kappa shape index (κ1) is 24.7. The molecule has 3 rings (SSSR count). The molecule has 2 aromatic carbocycles. The zero-order chi connectivity index (χ0) is 23.4. The number of nitrogens with zero attached hydrogens (tertiary/aromatic N) is 1. The first-order valence-electron chi connectivity index (χ1n) is 9.25. The van der Waals surface area contributed by atoms with Crippen LogP contribution < -0.4 is 10.2 Å². The molecule has 0 aromatic heterocycles. The molecule has 2 aromatic rings. The molecule has 10 heteroatoms. The van der Waals surface area contributed by atoms with Crippen molar-refractivity contribution in [1.29, 1.82) is 0 Å². The number of aldehydes is 1. The van der Waals surface area contributed by atoms with Crippen LogP contribution in [0.25, 0.3) is 0 Å². The molecule has 1 heterocycles. The van der Waals surface area contributed by atoms with Crippen molar-refractivity contribution in [3.05, 3.63) is 64.7 Å². The van der Waals surface area contributed by atoms with Crippen LogP contribution >= 0.6 is 0 Å². The molecule has 170 valence electrons. The van der Waals surface area contributed by atoms with Crippen LogP contribution in [0.3, 0.4) is 0 Å². The van der Waals surface area contributed by atoms with Crippen molar-refractivity contribution in [3.63, 3.8) is 0 Å². The summed E-state index contributed by atoms with van der Waals surface area (Å²) in [4.78, 5) is 12.8. The monoisotopic (exact) mass is 448 g/mol. The van der Waals surface area contributed by atoms with Gasteiger partial charge in [0.2, 0.25) is 0 Å². The number of anilines is 1. The highest BCUT2D eigenvalue weighted by Crippen LogP contribution is 2.50. The molecule has 1 aliphatic rings. The minimum absolute atomic E-state index is 0.268. The molecular weight excluding hydrogens is 426 g/mol. The third kappa shape index (κ3) is 5.01. The summed E-state index contributed by atoms with van der Waals surface area (Å²) in [6.45, 7) is 0.874. The van der Waals surface area contributed by atoms with Crippen LogP contribution in [0.2, 0.25) is 0 Å². The van der Waals surface area contributed by atoms with Gasteiger partial charge < -0.3 is 15.3 Å². The van der Waals surface area contributed by atoms with Gasteiger partial charge in [0.25, 0.3) is 5.60 Å². The normalized spacial score (nSPS) is 14.0. The van der Waals surface area contributed by atoms with Crippen molar-refractivity contribution in [2.24, 2.45) is 0 Å². The van der Waals surface area contributed by atoms with Crippen molar-refractivity contribution in [1.82, 2.24) is 5.32 Å². The first-order valence-corrected chi connectivity index (χ1v) is 9.25. The van der Waals surface area contributed by atoms with Crippen LogP contribution in [0, 0.1) is 0 Å². The Morgan fingerprint density at radius 1 is 1.00 bits per heavy atom. The molecule has 31 heavy (non-hydrogen) atoms. The highest BCUT2D eigenvalue weighted by molar-refractivity contribution is 5.77. The first-order chi connectivity index (χ1) is 14.4. The number of carbonyl (C=O) groups is 1. The summed E-state index contributed by atoms with van der Waals surface area (Å²) in [5.74, 6) is 0. The zero-order valence-electron chi connectivity index (χ0n) is 16.8. The molecule has 0 radical (unpaired) electrons. The molecule has 4 nitrogen and oxygen atoms in total. The van der Waals surface area contributed by atoms with Gasteiger partial charge in [0, 0.05) is 29.9 Å². The van der Waals surface area contributed by atoms with Gasteiger partial charge in [-0.2, -0.15) is 26.3 Å².